The Hall–Kier alpha value is -1.04. The summed E-state index contributed by atoms with van der Waals surface area (Å²) in [5.74, 6) is 1.75. The molecule has 0 spiro atoms. The Balaban J connectivity index is 2.00. The highest BCUT2D eigenvalue weighted by molar-refractivity contribution is 7.98. The predicted molar refractivity (Wildman–Crippen MR) is 81.7 cm³/mol. The van der Waals surface area contributed by atoms with Crippen LogP contribution in [0.2, 0.25) is 5.02 Å². The lowest BCUT2D eigenvalue weighted by Gasteiger charge is -2.23. The van der Waals surface area contributed by atoms with Crippen LogP contribution in [0.1, 0.15) is 38.5 Å². The van der Waals surface area contributed by atoms with Crippen LogP contribution in [0, 0.1) is 5.41 Å². The molecule has 0 aliphatic carbocycles. The van der Waals surface area contributed by atoms with Gasteiger partial charge in [-0.15, -0.1) is 11.8 Å². The van der Waals surface area contributed by atoms with E-state index in [1.54, 1.807) is 11.8 Å². The third-order valence-corrected chi connectivity index (χ3v) is 4.07. The van der Waals surface area contributed by atoms with E-state index in [1.807, 2.05) is 45.0 Å². The summed E-state index contributed by atoms with van der Waals surface area (Å²) in [6, 6.07) is 7.41. The van der Waals surface area contributed by atoms with Gasteiger partial charge in [0.1, 0.15) is 0 Å². The van der Waals surface area contributed by atoms with E-state index in [4.69, 9.17) is 21.9 Å². The molecule has 0 saturated carbocycles. The summed E-state index contributed by atoms with van der Waals surface area (Å²) >= 11 is 7.55. The van der Waals surface area contributed by atoms with E-state index in [0.717, 1.165) is 9.92 Å². The lowest BCUT2D eigenvalue weighted by molar-refractivity contribution is 0.252. The Kier molecular flexibility index (Phi) is 4.73. The number of halogens is 1. The quantitative estimate of drug-likeness (QED) is 0.862. The van der Waals surface area contributed by atoms with E-state index in [0.29, 0.717) is 17.5 Å². The molecule has 4 nitrogen and oxygen atoms in total. The first kappa shape index (κ1) is 15.4. The maximum Gasteiger partial charge on any atom is 0.244 e. The molecule has 2 aromatic rings. The minimum Gasteiger partial charge on any atom is -0.338 e. The van der Waals surface area contributed by atoms with Gasteiger partial charge in [0.15, 0.2) is 5.82 Å². The van der Waals surface area contributed by atoms with Crippen molar-refractivity contribution in [1.82, 2.24) is 10.1 Å². The predicted octanol–water partition coefficient (Wildman–Crippen LogP) is 4.06. The molecule has 0 bridgehead atoms. The fourth-order valence-corrected chi connectivity index (χ4v) is 2.58. The van der Waals surface area contributed by atoms with Crippen LogP contribution in [0.5, 0.6) is 0 Å². The van der Waals surface area contributed by atoms with Gasteiger partial charge in [-0.1, -0.05) is 43.6 Å². The number of hydrogen-bond donors (Lipinski definition) is 1. The zero-order valence-corrected chi connectivity index (χ0v) is 13.3. The van der Waals surface area contributed by atoms with Gasteiger partial charge in [0.2, 0.25) is 5.89 Å². The molecule has 0 unspecified atom stereocenters. The van der Waals surface area contributed by atoms with Crippen molar-refractivity contribution in [2.75, 3.05) is 0 Å². The molecule has 0 radical (unpaired) electrons. The van der Waals surface area contributed by atoms with Crippen LogP contribution in [-0.4, -0.2) is 10.1 Å². The van der Waals surface area contributed by atoms with Gasteiger partial charge in [-0.05, 0) is 23.6 Å². The maximum atomic E-state index is 6.09. The van der Waals surface area contributed by atoms with Crippen molar-refractivity contribution in [1.29, 1.82) is 0 Å². The summed E-state index contributed by atoms with van der Waals surface area (Å²) in [7, 11) is 0. The van der Waals surface area contributed by atoms with Crippen LogP contribution in [0.3, 0.4) is 0 Å². The maximum absolute atomic E-state index is 6.09. The Bertz CT molecular complexity index is 580. The number of thioether (sulfide) groups is 1. The first-order valence-corrected chi connectivity index (χ1v) is 7.69. The number of aromatic nitrogens is 2. The second-order valence-corrected chi connectivity index (χ2v) is 7.12. The fraction of sp³-hybridized carbons (Fsp3) is 0.429. The summed E-state index contributed by atoms with van der Waals surface area (Å²) in [5.41, 5.74) is 5.98. The van der Waals surface area contributed by atoms with E-state index in [-0.39, 0.29) is 11.5 Å². The molecule has 0 amide bonds. The highest BCUT2D eigenvalue weighted by Gasteiger charge is 2.27. The van der Waals surface area contributed by atoms with E-state index in [2.05, 4.69) is 10.1 Å². The van der Waals surface area contributed by atoms with E-state index in [9.17, 15) is 0 Å². The molecule has 2 rings (SSSR count). The smallest absolute Gasteiger partial charge is 0.244 e. The number of rotatable bonds is 4. The van der Waals surface area contributed by atoms with E-state index < -0.39 is 0 Å². The average molecular weight is 312 g/mol. The minimum absolute atomic E-state index is 0.107. The number of benzene rings is 1. The summed E-state index contributed by atoms with van der Waals surface area (Å²) in [6.45, 7) is 6.13. The Labute approximate surface area is 128 Å². The topological polar surface area (TPSA) is 64.9 Å². The molecule has 2 N–H and O–H groups in total. The van der Waals surface area contributed by atoms with Gasteiger partial charge in [0.25, 0.3) is 0 Å². The summed E-state index contributed by atoms with van der Waals surface area (Å²) < 4.78 is 5.24. The second kappa shape index (κ2) is 6.16. The molecule has 1 aromatic carbocycles. The number of hydrogen-bond acceptors (Lipinski definition) is 5. The van der Waals surface area contributed by atoms with Gasteiger partial charge in [0.05, 0.1) is 11.8 Å². The molecule has 6 heteroatoms. The Morgan fingerprint density at radius 2 is 2.15 bits per heavy atom. The molecule has 108 valence electrons. The number of nitrogens with two attached hydrogens (primary N) is 1. The van der Waals surface area contributed by atoms with Crippen molar-refractivity contribution in [2.24, 2.45) is 11.1 Å². The van der Waals surface area contributed by atoms with Crippen molar-refractivity contribution in [3.8, 4) is 0 Å². The molecule has 0 aliphatic rings. The van der Waals surface area contributed by atoms with Crippen molar-refractivity contribution in [2.45, 2.75) is 37.5 Å². The van der Waals surface area contributed by atoms with Crippen LogP contribution in [-0.2, 0) is 5.75 Å². The van der Waals surface area contributed by atoms with Crippen molar-refractivity contribution in [3.05, 3.63) is 41.0 Å². The molecular formula is C14H18ClN3OS. The summed E-state index contributed by atoms with van der Waals surface area (Å²) in [4.78, 5) is 5.43. The zero-order chi connectivity index (χ0) is 14.8. The van der Waals surface area contributed by atoms with E-state index in [1.165, 1.54) is 0 Å². The standard InChI is InChI=1S/C14H18ClN3OS/c1-14(2,3)12(16)13-17-11(18-19-13)8-20-10-6-4-5-9(15)7-10/h4-7,12H,8,16H2,1-3H3/t12-/m1/s1. The first-order valence-electron chi connectivity index (χ1n) is 6.32. The second-order valence-electron chi connectivity index (χ2n) is 5.64. The average Bonchev–Trinajstić information content (AvgIpc) is 2.83. The van der Waals surface area contributed by atoms with Gasteiger partial charge in [-0.25, -0.2) is 0 Å². The van der Waals surface area contributed by atoms with Gasteiger partial charge < -0.3 is 10.3 Å². The summed E-state index contributed by atoms with van der Waals surface area (Å²) in [6.07, 6.45) is 0. The van der Waals surface area contributed by atoms with Crippen LogP contribution in [0.4, 0.5) is 0 Å². The molecular weight excluding hydrogens is 294 g/mol. The van der Waals surface area contributed by atoms with Crippen LogP contribution in [0.25, 0.3) is 0 Å². The zero-order valence-electron chi connectivity index (χ0n) is 11.8. The van der Waals surface area contributed by atoms with Gasteiger partial charge >= 0.3 is 0 Å². The molecule has 0 aliphatic heterocycles. The third-order valence-electron chi connectivity index (χ3n) is 2.85. The van der Waals surface area contributed by atoms with Crippen LogP contribution >= 0.6 is 23.4 Å². The lowest BCUT2D eigenvalue weighted by Crippen LogP contribution is -2.26. The molecule has 1 aromatic heterocycles. The van der Waals surface area contributed by atoms with Gasteiger partial charge in [-0.2, -0.15) is 4.98 Å². The highest BCUT2D eigenvalue weighted by Crippen LogP contribution is 2.30. The fourth-order valence-electron chi connectivity index (χ4n) is 1.53. The Morgan fingerprint density at radius 3 is 2.80 bits per heavy atom. The Morgan fingerprint density at radius 1 is 1.40 bits per heavy atom. The van der Waals surface area contributed by atoms with Crippen LogP contribution in [0.15, 0.2) is 33.7 Å². The molecule has 0 saturated heterocycles. The van der Waals surface area contributed by atoms with Crippen molar-refractivity contribution >= 4 is 23.4 Å². The third kappa shape index (κ3) is 3.98. The largest absolute Gasteiger partial charge is 0.338 e. The molecule has 1 atom stereocenters. The highest BCUT2D eigenvalue weighted by atomic mass is 35.5. The normalized spacial score (nSPS) is 13.4. The van der Waals surface area contributed by atoms with Gasteiger partial charge in [0, 0.05) is 9.92 Å². The van der Waals surface area contributed by atoms with E-state index >= 15 is 0 Å². The monoisotopic (exact) mass is 311 g/mol. The molecule has 1 heterocycles. The minimum atomic E-state index is -0.264. The summed E-state index contributed by atoms with van der Waals surface area (Å²) in [5, 5.41) is 4.69. The van der Waals surface area contributed by atoms with Crippen LogP contribution < -0.4 is 5.73 Å². The van der Waals surface area contributed by atoms with Crippen molar-refractivity contribution in [3.63, 3.8) is 0 Å². The molecule has 0 fully saturated rings. The first-order chi connectivity index (χ1) is 9.36. The van der Waals surface area contributed by atoms with Crippen molar-refractivity contribution < 1.29 is 4.52 Å². The van der Waals surface area contributed by atoms with Gasteiger partial charge in [-0.3, -0.25) is 0 Å². The lowest BCUT2D eigenvalue weighted by atomic mass is 9.87. The molecule has 20 heavy (non-hydrogen) atoms. The number of nitrogens with zero attached hydrogens (tertiary/aromatic N) is 2. The SMILES string of the molecule is CC(C)(C)[C@H](N)c1nc(CSc2cccc(Cl)c2)no1.